The maximum atomic E-state index is 12.9. The Kier molecular flexibility index (Phi) is 4.97. The fourth-order valence-corrected chi connectivity index (χ4v) is 4.57. The number of nitrogens with zero attached hydrogens (tertiary/aromatic N) is 4. The molecule has 4 heterocycles. The Morgan fingerprint density at radius 2 is 1.72 bits per heavy atom. The molecule has 0 radical (unpaired) electrons. The van der Waals surface area contributed by atoms with E-state index in [1.807, 2.05) is 47.0 Å². The van der Waals surface area contributed by atoms with Gasteiger partial charge in [0.15, 0.2) is 0 Å². The molecule has 0 unspecified atom stereocenters. The van der Waals surface area contributed by atoms with Gasteiger partial charge in [0.2, 0.25) is 5.91 Å². The van der Waals surface area contributed by atoms with Gasteiger partial charge in [0.05, 0.1) is 5.69 Å². The molecule has 0 spiro atoms. The molecule has 0 saturated carbocycles. The van der Waals surface area contributed by atoms with Gasteiger partial charge in [-0.1, -0.05) is 36.4 Å². The van der Waals surface area contributed by atoms with Crippen molar-refractivity contribution >= 4 is 11.6 Å². The Hall–Kier alpha value is -3.94. The highest BCUT2D eigenvalue weighted by Gasteiger charge is 2.40. The standard InChI is InChI=1S/C24H23N5O3/c30-21-9-13-29(23(32)26-21)17-22(31)27-14-10-24(11-15-27,18-6-2-1-3-7-18)19-16-28-12-5-4-8-20(28)25-19/h1-9,12-13,16H,10-11,14-15,17H2,(H,26,30,32). The summed E-state index contributed by atoms with van der Waals surface area (Å²) in [6.45, 7) is 1.02. The summed E-state index contributed by atoms with van der Waals surface area (Å²) in [5, 5.41) is 0. The zero-order chi connectivity index (χ0) is 22.1. The van der Waals surface area contributed by atoms with Crippen LogP contribution in [0.25, 0.3) is 5.65 Å². The van der Waals surface area contributed by atoms with Crippen LogP contribution < -0.4 is 11.2 Å². The molecule has 0 bridgehead atoms. The van der Waals surface area contributed by atoms with E-state index in [1.165, 1.54) is 22.4 Å². The lowest BCUT2D eigenvalue weighted by atomic mass is 9.70. The van der Waals surface area contributed by atoms with E-state index in [-0.39, 0.29) is 17.9 Å². The number of likely N-dealkylation sites (tertiary alicyclic amines) is 1. The van der Waals surface area contributed by atoms with Crippen LogP contribution >= 0.6 is 0 Å². The van der Waals surface area contributed by atoms with Gasteiger partial charge in [-0.25, -0.2) is 9.78 Å². The summed E-state index contributed by atoms with van der Waals surface area (Å²) in [6, 6.07) is 17.5. The number of H-pyrrole nitrogens is 1. The fraction of sp³-hybridized carbons (Fsp3) is 0.250. The Labute approximate surface area is 183 Å². The van der Waals surface area contributed by atoms with Crippen LogP contribution in [0.4, 0.5) is 0 Å². The number of aromatic nitrogens is 4. The molecule has 5 rings (SSSR count). The zero-order valence-corrected chi connectivity index (χ0v) is 17.5. The van der Waals surface area contributed by atoms with Crippen molar-refractivity contribution in [3.05, 3.63) is 105 Å². The summed E-state index contributed by atoms with van der Waals surface area (Å²) in [5.41, 5.74) is 1.74. The third-order valence-corrected chi connectivity index (χ3v) is 6.35. The molecule has 1 N–H and O–H groups in total. The largest absolute Gasteiger partial charge is 0.341 e. The van der Waals surface area contributed by atoms with Gasteiger partial charge < -0.3 is 9.30 Å². The minimum Gasteiger partial charge on any atom is -0.341 e. The van der Waals surface area contributed by atoms with E-state index in [1.54, 1.807) is 4.90 Å². The maximum Gasteiger partial charge on any atom is 0.328 e. The number of carbonyl (C=O) groups is 1. The number of hydrogen-bond acceptors (Lipinski definition) is 4. The summed E-state index contributed by atoms with van der Waals surface area (Å²) in [6.07, 6.45) is 6.89. The van der Waals surface area contributed by atoms with Gasteiger partial charge in [-0.05, 0) is 30.5 Å². The number of amides is 1. The van der Waals surface area contributed by atoms with Crippen molar-refractivity contribution in [2.45, 2.75) is 24.8 Å². The van der Waals surface area contributed by atoms with Crippen LogP contribution in [0.1, 0.15) is 24.1 Å². The van der Waals surface area contributed by atoms with Crippen molar-refractivity contribution in [2.75, 3.05) is 13.1 Å². The molecule has 162 valence electrons. The summed E-state index contributed by atoms with van der Waals surface area (Å²) in [7, 11) is 0. The van der Waals surface area contributed by atoms with Crippen molar-refractivity contribution in [3.63, 3.8) is 0 Å². The second-order valence-corrected chi connectivity index (χ2v) is 8.16. The second kappa shape index (κ2) is 7.96. The van der Waals surface area contributed by atoms with Gasteiger partial charge in [-0.3, -0.25) is 19.1 Å². The molecule has 3 aromatic heterocycles. The van der Waals surface area contributed by atoms with Crippen molar-refractivity contribution in [1.82, 2.24) is 23.8 Å². The number of carbonyl (C=O) groups excluding carboxylic acids is 1. The highest BCUT2D eigenvalue weighted by molar-refractivity contribution is 5.76. The van der Waals surface area contributed by atoms with Crippen LogP contribution in [0.5, 0.6) is 0 Å². The number of rotatable bonds is 4. The van der Waals surface area contributed by atoms with Crippen LogP contribution in [0.15, 0.2) is 82.8 Å². The van der Waals surface area contributed by atoms with Gasteiger partial charge in [0.1, 0.15) is 12.2 Å². The average molecular weight is 429 g/mol. The normalized spacial score (nSPS) is 15.7. The minimum atomic E-state index is -0.578. The Balaban J connectivity index is 1.42. The minimum absolute atomic E-state index is 0.0949. The van der Waals surface area contributed by atoms with E-state index >= 15 is 0 Å². The molecule has 1 aliphatic rings. The summed E-state index contributed by atoms with van der Waals surface area (Å²) >= 11 is 0. The van der Waals surface area contributed by atoms with Gasteiger partial charge in [-0.2, -0.15) is 0 Å². The van der Waals surface area contributed by atoms with E-state index in [0.717, 1.165) is 24.2 Å². The number of nitrogens with one attached hydrogen (secondary N) is 1. The molecule has 1 aromatic carbocycles. The average Bonchev–Trinajstić information content (AvgIpc) is 3.26. The van der Waals surface area contributed by atoms with Gasteiger partial charge in [0.25, 0.3) is 5.56 Å². The summed E-state index contributed by atoms with van der Waals surface area (Å²) in [5.74, 6) is -0.143. The van der Waals surface area contributed by atoms with E-state index in [9.17, 15) is 14.4 Å². The molecule has 0 atom stereocenters. The summed E-state index contributed by atoms with van der Waals surface area (Å²) < 4.78 is 3.26. The third kappa shape index (κ3) is 3.53. The molecule has 8 nitrogen and oxygen atoms in total. The number of piperidine rings is 1. The van der Waals surface area contributed by atoms with Gasteiger partial charge >= 0.3 is 5.69 Å². The number of imidazole rings is 1. The predicted molar refractivity (Wildman–Crippen MR) is 120 cm³/mol. The monoisotopic (exact) mass is 429 g/mol. The quantitative estimate of drug-likeness (QED) is 0.535. The first-order chi connectivity index (χ1) is 15.5. The lowest BCUT2D eigenvalue weighted by Crippen LogP contribution is -2.47. The molecule has 1 fully saturated rings. The van der Waals surface area contributed by atoms with Crippen LogP contribution in [-0.2, 0) is 16.8 Å². The number of fused-ring (bicyclic) bond motifs is 1. The second-order valence-electron chi connectivity index (χ2n) is 8.16. The third-order valence-electron chi connectivity index (χ3n) is 6.35. The number of benzene rings is 1. The lowest BCUT2D eigenvalue weighted by molar-refractivity contribution is -0.133. The van der Waals surface area contributed by atoms with E-state index < -0.39 is 11.2 Å². The molecular formula is C24H23N5O3. The molecule has 4 aromatic rings. The Morgan fingerprint density at radius 1 is 0.969 bits per heavy atom. The Bertz CT molecular complexity index is 1340. The molecule has 1 amide bonds. The van der Waals surface area contributed by atoms with Crippen molar-refractivity contribution < 1.29 is 4.79 Å². The van der Waals surface area contributed by atoms with E-state index in [0.29, 0.717) is 13.1 Å². The first-order valence-corrected chi connectivity index (χ1v) is 10.6. The maximum absolute atomic E-state index is 12.9. The van der Waals surface area contributed by atoms with Crippen LogP contribution in [0.2, 0.25) is 0 Å². The van der Waals surface area contributed by atoms with Crippen molar-refractivity contribution in [1.29, 1.82) is 0 Å². The van der Waals surface area contributed by atoms with Crippen molar-refractivity contribution in [3.8, 4) is 0 Å². The smallest absolute Gasteiger partial charge is 0.328 e. The fourth-order valence-electron chi connectivity index (χ4n) is 4.57. The van der Waals surface area contributed by atoms with Gasteiger partial charge in [0, 0.05) is 43.2 Å². The molecule has 32 heavy (non-hydrogen) atoms. The predicted octanol–water partition coefficient (Wildman–Crippen LogP) is 1.79. The highest BCUT2D eigenvalue weighted by atomic mass is 16.2. The zero-order valence-electron chi connectivity index (χ0n) is 17.5. The number of hydrogen-bond donors (Lipinski definition) is 1. The number of aromatic amines is 1. The van der Waals surface area contributed by atoms with Crippen LogP contribution in [0.3, 0.4) is 0 Å². The molecule has 1 saturated heterocycles. The van der Waals surface area contributed by atoms with Gasteiger partial charge in [-0.15, -0.1) is 0 Å². The van der Waals surface area contributed by atoms with E-state index in [4.69, 9.17) is 4.98 Å². The van der Waals surface area contributed by atoms with Crippen LogP contribution in [0, 0.1) is 0 Å². The SMILES string of the molecule is O=C(Cn1ccc(=O)[nH]c1=O)N1CCC(c2ccccc2)(c2cn3ccccc3n2)CC1. The molecular weight excluding hydrogens is 406 g/mol. The molecule has 1 aliphatic heterocycles. The lowest BCUT2D eigenvalue weighted by Gasteiger charge is -2.41. The first kappa shape index (κ1) is 20.0. The van der Waals surface area contributed by atoms with Crippen LogP contribution in [-0.4, -0.2) is 42.8 Å². The highest BCUT2D eigenvalue weighted by Crippen LogP contribution is 2.41. The molecule has 8 heteroatoms. The van der Waals surface area contributed by atoms with Crippen molar-refractivity contribution in [2.24, 2.45) is 0 Å². The molecule has 0 aliphatic carbocycles. The summed E-state index contributed by atoms with van der Waals surface area (Å²) in [4.78, 5) is 45.0. The first-order valence-electron chi connectivity index (χ1n) is 10.6. The number of pyridine rings is 1. The van der Waals surface area contributed by atoms with E-state index in [2.05, 4.69) is 23.3 Å². The topological polar surface area (TPSA) is 92.5 Å². The Morgan fingerprint density at radius 3 is 2.44 bits per heavy atom.